The zero-order chi connectivity index (χ0) is 19.0. The summed E-state index contributed by atoms with van der Waals surface area (Å²) in [4.78, 5) is 8.27. The van der Waals surface area contributed by atoms with Crippen LogP contribution < -0.4 is 5.73 Å². The molecule has 7 nitrogen and oxygen atoms in total. The maximum absolute atomic E-state index is 13.0. The number of nitrogens with zero attached hydrogens (tertiary/aromatic N) is 4. The first-order valence-corrected chi connectivity index (χ1v) is 11.3. The summed E-state index contributed by atoms with van der Waals surface area (Å²) in [5, 5.41) is 5.01. The Morgan fingerprint density at radius 2 is 1.96 bits per heavy atom. The Morgan fingerprint density at radius 1 is 1.19 bits per heavy atom. The number of fused-ring (bicyclic) bond motifs is 1. The average Bonchev–Trinajstić information content (AvgIpc) is 3.27. The number of anilines is 1. The molecule has 11 heteroatoms. The lowest BCUT2D eigenvalue weighted by molar-refractivity contribution is 0.580. The number of nitrogen functional groups attached to an aromatic ring is 1. The van der Waals surface area contributed by atoms with Crippen molar-refractivity contribution in [3.8, 4) is 0 Å². The molecule has 0 aliphatic carbocycles. The number of thiazole rings is 1. The van der Waals surface area contributed by atoms with Gasteiger partial charge in [-0.15, -0.1) is 20.5 Å². The summed E-state index contributed by atoms with van der Waals surface area (Å²) >= 11 is 8.52. The van der Waals surface area contributed by atoms with Gasteiger partial charge in [0, 0.05) is 10.8 Å². The van der Waals surface area contributed by atoms with E-state index >= 15 is 0 Å². The molecule has 4 rings (SSSR count). The molecule has 0 aliphatic heterocycles. The number of hydrogen-bond donors (Lipinski definition) is 1. The fourth-order valence-corrected chi connectivity index (χ4v) is 5.47. The molecule has 138 valence electrons. The highest BCUT2D eigenvalue weighted by Gasteiger charge is 2.26. The van der Waals surface area contributed by atoms with E-state index in [0.29, 0.717) is 16.3 Å². The lowest BCUT2D eigenvalue weighted by atomic mass is 10.2. The molecular formula is C16H12ClN5O2S3. The predicted octanol–water partition coefficient (Wildman–Crippen LogP) is 3.65. The van der Waals surface area contributed by atoms with E-state index in [-0.39, 0.29) is 16.0 Å². The Hall–Kier alpha value is -2.14. The summed E-state index contributed by atoms with van der Waals surface area (Å²) in [7, 11) is -4.00. The van der Waals surface area contributed by atoms with Gasteiger partial charge in [-0.1, -0.05) is 41.6 Å². The molecule has 0 bridgehead atoms. The van der Waals surface area contributed by atoms with Crippen molar-refractivity contribution in [2.24, 2.45) is 0 Å². The van der Waals surface area contributed by atoms with Gasteiger partial charge in [0.05, 0.1) is 10.2 Å². The third-order valence-electron chi connectivity index (χ3n) is 3.69. The summed E-state index contributed by atoms with van der Waals surface area (Å²) < 4.78 is 27.6. The standard InChI is InChI=1S/C16H12ClN5O2S3/c17-11-6-4-10(5-7-11)8-25-16-20-15(18)22(21-16)27(23,24)13-3-1-2-12-14(13)19-9-26-12/h1-7,9H,8H2,(H2,18,20,21). The summed E-state index contributed by atoms with van der Waals surface area (Å²) in [6, 6.07) is 12.3. The number of nitrogens with two attached hydrogens (primary N) is 1. The van der Waals surface area contributed by atoms with E-state index in [1.54, 1.807) is 23.7 Å². The summed E-state index contributed by atoms with van der Waals surface area (Å²) in [5.74, 6) is 0.364. The third-order valence-corrected chi connectivity index (χ3v) is 7.26. The van der Waals surface area contributed by atoms with Crippen LogP contribution in [-0.2, 0) is 15.8 Å². The first kappa shape index (κ1) is 18.2. The van der Waals surface area contributed by atoms with Crippen molar-refractivity contribution in [1.29, 1.82) is 0 Å². The number of benzene rings is 2. The minimum Gasteiger partial charge on any atom is -0.367 e. The first-order valence-electron chi connectivity index (χ1n) is 7.63. The van der Waals surface area contributed by atoms with E-state index in [9.17, 15) is 8.42 Å². The second kappa shape index (κ2) is 7.12. The fraction of sp³-hybridized carbons (Fsp3) is 0.0625. The van der Waals surface area contributed by atoms with E-state index in [1.165, 1.54) is 29.2 Å². The van der Waals surface area contributed by atoms with Gasteiger partial charge in [0.1, 0.15) is 10.4 Å². The van der Waals surface area contributed by atoms with Crippen LogP contribution in [0.2, 0.25) is 5.02 Å². The van der Waals surface area contributed by atoms with Crippen LogP contribution in [0.4, 0.5) is 5.95 Å². The lowest BCUT2D eigenvalue weighted by Gasteiger charge is -2.05. The van der Waals surface area contributed by atoms with Gasteiger partial charge in [-0.05, 0) is 29.8 Å². The molecule has 0 saturated carbocycles. The number of hydrogen-bond acceptors (Lipinski definition) is 8. The molecule has 0 radical (unpaired) electrons. The summed E-state index contributed by atoms with van der Waals surface area (Å²) in [5.41, 5.74) is 8.84. The SMILES string of the molecule is Nc1nc(SCc2ccc(Cl)cc2)nn1S(=O)(=O)c1cccc2scnc12. The number of thioether (sulfide) groups is 1. The molecule has 0 amide bonds. The van der Waals surface area contributed by atoms with Crippen molar-refractivity contribution in [2.75, 3.05) is 5.73 Å². The second-order valence-electron chi connectivity index (χ2n) is 5.47. The van der Waals surface area contributed by atoms with E-state index in [2.05, 4.69) is 15.1 Å². The summed E-state index contributed by atoms with van der Waals surface area (Å²) in [6.45, 7) is 0. The molecule has 4 aromatic rings. The molecule has 0 fully saturated rings. The van der Waals surface area contributed by atoms with Crippen molar-refractivity contribution < 1.29 is 8.42 Å². The van der Waals surface area contributed by atoms with Crippen LogP contribution in [-0.4, -0.2) is 27.6 Å². The molecule has 2 heterocycles. The maximum Gasteiger partial charge on any atom is 0.288 e. The lowest BCUT2D eigenvalue weighted by Crippen LogP contribution is -2.17. The Bertz CT molecular complexity index is 1220. The largest absolute Gasteiger partial charge is 0.367 e. The number of rotatable bonds is 5. The topological polar surface area (TPSA) is 104 Å². The minimum atomic E-state index is -4.00. The quantitative estimate of drug-likeness (QED) is 0.475. The fourth-order valence-electron chi connectivity index (χ4n) is 2.42. The van der Waals surface area contributed by atoms with Crippen LogP contribution in [0.25, 0.3) is 10.2 Å². The molecule has 2 aromatic heterocycles. The second-order valence-corrected chi connectivity index (χ2v) is 9.47. The molecule has 27 heavy (non-hydrogen) atoms. The van der Waals surface area contributed by atoms with Gasteiger partial charge in [-0.3, -0.25) is 0 Å². The molecule has 0 saturated heterocycles. The molecule has 0 atom stereocenters. The van der Waals surface area contributed by atoms with Crippen LogP contribution in [0.1, 0.15) is 5.56 Å². The molecule has 2 N–H and O–H groups in total. The number of aromatic nitrogens is 4. The number of halogens is 1. The molecular weight excluding hydrogens is 426 g/mol. The van der Waals surface area contributed by atoms with Gasteiger partial charge >= 0.3 is 0 Å². The molecule has 0 spiro atoms. The smallest absolute Gasteiger partial charge is 0.288 e. The summed E-state index contributed by atoms with van der Waals surface area (Å²) in [6.07, 6.45) is 0. The van der Waals surface area contributed by atoms with Crippen molar-refractivity contribution in [1.82, 2.24) is 19.2 Å². The molecule has 2 aromatic carbocycles. The molecule has 0 aliphatic rings. The van der Waals surface area contributed by atoms with E-state index in [1.807, 2.05) is 18.2 Å². The normalized spacial score (nSPS) is 11.9. The van der Waals surface area contributed by atoms with Crippen molar-refractivity contribution in [2.45, 2.75) is 15.8 Å². The Kier molecular flexibility index (Phi) is 4.81. The van der Waals surface area contributed by atoms with Crippen LogP contribution in [0.15, 0.2) is 58.0 Å². The third kappa shape index (κ3) is 3.53. The van der Waals surface area contributed by atoms with Crippen molar-refractivity contribution in [3.63, 3.8) is 0 Å². The van der Waals surface area contributed by atoms with Gasteiger partial charge in [0.25, 0.3) is 10.0 Å². The van der Waals surface area contributed by atoms with Gasteiger partial charge in [0.15, 0.2) is 0 Å². The Balaban J connectivity index is 1.64. The van der Waals surface area contributed by atoms with Gasteiger partial charge in [0.2, 0.25) is 11.1 Å². The highest BCUT2D eigenvalue weighted by Crippen LogP contribution is 2.28. The predicted molar refractivity (Wildman–Crippen MR) is 108 cm³/mol. The Morgan fingerprint density at radius 3 is 2.74 bits per heavy atom. The van der Waals surface area contributed by atoms with Gasteiger partial charge < -0.3 is 5.73 Å². The zero-order valence-electron chi connectivity index (χ0n) is 13.6. The van der Waals surface area contributed by atoms with Crippen LogP contribution >= 0.6 is 34.7 Å². The van der Waals surface area contributed by atoms with Crippen molar-refractivity contribution >= 4 is 60.9 Å². The van der Waals surface area contributed by atoms with Crippen molar-refractivity contribution in [3.05, 3.63) is 58.6 Å². The molecule has 0 unspecified atom stereocenters. The highest BCUT2D eigenvalue weighted by molar-refractivity contribution is 7.98. The maximum atomic E-state index is 13.0. The monoisotopic (exact) mass is 437 g/mol. The zero-order valence-corrected chi connectivity index (χ0v) is 16.8. The van der Waals surface area contributed by atoms with Crippen LogP contribution in [0.5, 0.6) is 0 Å². The van der Waals surface area contributed by atoms with E-state index < -0.39 is 10.0 Å². The number of para-hydroxylation sites is 1. The van der Waals surface area contributed by atoms with Crippen LogP contribution in [0, 0.1) is 0 Å². The average molecular weight is 438 g/mol. The van der Waals surface area contributed by atoms with E-state index in [0.717, 1.165) is 14.4 Å². The Labute approximate surface area is 168 Å². The van der Waals surface area contributed by atoms with Gasteiger partial charge in [-0.2, -0.15) is 13.4 Å². The minimum absolute atomic E-state index is 0.0482. The van der Waals surface area contributed by atoms with E-state index in [4.69, 9.17) is 17.3 Å². The van der Waals surface area contributed by atoms with Gasteiger partial charge in [-0.25, -0.2) is 4.98 Å². The highest BCUT2D eigenvalue weighted by atomic mass is 35.5. The van der Waals surface area contributed by atoms with Crippen LogP contribution in [0.3, 0.4) is 0 Å². The first-order chi connectivity index (χ1) is 12.9.